The topological polar surface area (TPSA) is 73.8 Å². The molecule has 0 aliphatic rings. The Morgan fingerprint density at radius 2 is 2.06 bits per heavy atom. The molecule has 0 unspecified atom stereocenters. The van der Waals surface area contributed by atoms with E-state index in [1.807, 2.05) is 13.0 Å². The molecule has 0 bridgehead atoms. The molecule has 0 saturated carbocycles. The van der Waals surface area contributed by atoms with Crippen molar-refractivity contribution in [3.05, 3.63) is 43.8 Å². The Hall–Kier alpha value is -1.76. The number of nitrogens with zero attached hydrogens (tertiary/aromatic N) is 4. The van der Waals surface area contributed by atoms with Crippen LogP contribution in [0.5, 0.6) is 0 Å². The van der Waals surface area contributed by atoms with Gasteiger partial charge in [0.2, 0.25) is 0 Å². The fourth-order valence-corrected chi connectivity index (χ4v) is 2.42. The Balaban J connectivity index is 2.65. The van der Waals surface area contributed by atoms with Crippen LogP contribution in [0.4, 0.5) is 5.69 Å². The minimum absolute atomic E-state index is 0.0317. The zero-order valence-electron chi connectivity index (χ0n) is 10.1. The van der Waals surface area contributed by atoms with Gasteiger partial charge in [0.25, 0.3) is 0 Å². The average molecular weight is 311 g/mol. The molecular weight excluding hydrogens is 300 g/mol. The lowest BCUT2D eigenvalue weighted by atomic mass is 10.3. The predicted molar refractivity (Wildman–Crippen MR) is 69.9 cm³/mol. The third kappa shape index (κ3) is 2.01. The van der Waals surface area contributed by atoms with E-state index in [9.17, 15) is 10.1 Å². The summed E-state index contributed by atoms with van der Waals surface area (Å²) in [7, 11) is 0. The van der Waals surface area contributed by atoms with Gasteiger partial charge in [-0.15, -0.1) is 0 Å². The molecule has 7 heteroatoms. The van der Waals surface area contributed by atoms with Crippen LogP contribution < -0.4 is 0 Å². The zero-order chi connectivity index (χ0) is 13.4. The fourth-order valence-electron chi connectivity index (χ4n) is 1.79. The second-order valence-corrected chi connectivity index (χ2v) is 4.86. The SMILES string of the molecule is Cc1cnc(-n2nc(C)c([N+](=O)[O-])c2C)c(Br)c1. The number of nitro groups is 1. The molecule has 0 aromatic carbocycles. The lowest BCUT2D eigenvalue weighted by Gasteiger charge is -2.05. The largest absolute Gasteiger partial charge is 0.313 e. The second-order valence-electron chi connectivity index (χ2n) is 4.01. The molecule has 0 N–H and O–H groups in total. The minimum Gasteiger partial charge on any atom is -0.258 e. The smallest absolute Gasteiger partial charge is 0.258 e. The maximum atomic E-state index is 10.9. The van der Waals surface area contributed by atoms with E-state index in [1.54, 1.807) is 20.0 Å². The predicted octanol–water partition coefficient (Wildman–Crippen LogP) is 2.86. The molecule has 0 saturated heterocycles. The van der Waals surface area contributed by atoms with Crippen LogP contribution in [-0.2, 0) is 0 Å². The summed E-state index contributed by atoms with van der Waals surface area (Å²) in [5.41, 5.74) is 1.88. The Labute approximate surface area is 112 Å². The molecule has 0 atom stereocenters. The molecule has 2 rings (SSSR count). The monoisotopic (exact) mass is 310 g/mol. The quantitative estimate of drug-likeness (QED) is 0.631. The van der Waals surface area contributed by atoms with Gasteiger partial charge >= 0.3 is 5.69 Å². The number of aryl methyl sites for hydroxylation is 2. The first kappa shape index (κ1) is 12.7. The third-order valence-electron chi connectivity index (χ3n) is 2.59. The first-order valence-electron chi connectivity index (χ1n) is 5.25. The van der Waals surface area contributed by atoms with Crippen molar-refractivity contribution in [3.63, 3.8) is 0 Å². The van der Waals surface area contributed by atoms with Crippen molar-refractivity contribution in [1.29, 1.82) is 0 Å². The molecule has 2 aromatic heterocycles. The Morgan fingerprint density at radius 3 is 2.56 bits per heavy atom. The zero-order valence-corrected chi connectivity index (χ0v) is 11.7. The van der Waals surface area contributed by atoms with Gasteiger partial charge < -0.3 is 0 Å². The molecule has 0 spiro atoms. The fraction of sp³-hybridized carbons (Fsp3) is 0.273. The van der Waals surface area contributed by atoms with Crippen LogP contribution in [0.1, 0.15) is 17.0 Å². The van der Waals surface area contributed by atoms with Gasteiger partial charge in [0, 0.05) is 6.20 Å². The van der Waals surface area contributed by atoms with Crippen LogP contribution in [0, 0.1) is 30.9 Å². The number of aromatic nitrogens is 3. The van der Waals surface area contributed by atoms with Crippen LogP contribution in [0.15, 0.2) is 16.7 Å². The maximum absolute atomic E-state index is 10.9. The highest BCUT2D eigenvalue weighted by molar-refractivity contribution is 9.10. The summed E-state index contributed by atoms with van der Waals surface area (Å²) in [6, 6.07) is 1.89. The molecule has 0 aliphatic heterocycles. The maximum Gasteiger partial charge on any atom is 0.313 e. The molecule has 2 aromatic rings. The van der Waals surface area contributed by atoms with E-state index < -0.39 is 4.92 Å². The van der Waals surface area contributed by atoms with Crippen LogP contribution in [0.3, 0.4) is 0 Å². The highest BCUT2D eigenvalue weighted by Crippen LogP contribution is 2.27. The lowest BCUT2D eigenvalue weighted by molar-refractivity contribution is -0.386. The molecule has 0 fully saturated rings. The molecule has 0 aliphatic carbocycles. The standard InChI is InChI=1S/C11H11BrN4O2/c1-6-4-9(12)11(13-5-6)15-8(3)10(16(17)18)7(2)14-15/h4-5H,1-3H3. The van der Waals surface area contributed by atoms with Gasteiger partial charge in [-0.2, -0.15) is 5.10 Å². The number of hydrogen-bond donors (Lipinski definition) is 0. The molecule has 94 valence electrons. The van der Waals surface area contributed by atoms with Crippen LogP contribution >= 0.6 is 15.9 Å². The van der Waals surface area contributed by atoms with Gasteiger partial charge in [-0.25, -0.2) is 9.67 Å². The van der Waals surface area contributed by atoms with E-state index in [1.165, 1.54) is 4.68 Å². The van der Waals surface area contributed by atoms with Crippen molar-refractivity contribution in [2.45, 2.75) is 20.8 Å². The van der Waals surface area contributed by atoms with Gasteiger partial charge in [-0.05, 0) is 48.3 Å². The minimum atomic E-state index is -0.420. The average Bonchev–Trinajstić information content (AvgIpc) is 2.54. The van der Waals surface area contributed by atoms with Crippen LogP contribution in [0.2, 0.25) is 0 Å². The molecule has 2 heterocycles. The molecule has 18 heavy (non-hydrogen) atoms. The Morgan fingerprint density at radius 1 is 1.39 bits per heavy atom. The summed E-state index contributed by atoms with van der Waals surface area (Å²) >= 11 is 3.40. The summed E-state index contributed by atoms with van der Waals surface area (Å²) in [5.74, 6) is 0.550. The van der Waals surface area contributed by atoms with Crippen molar-refractivity contribution < 1.29 is 4.92 Å². The second kappa shape index (κ2) is 4.49. The third-order valence-corrected chi connectivity index (χ3v) is 3.18. The highest BCUT2D eigenvalue weighted by atomic mass is 79.9. The summed E-state index contributed by atoms with van der Waals surface area (Å²) in [6.07, 6.45) is 1.70. The van der Waals surface area contributed by atoms with Gasteiger partial charge in [0.1, 0.15) is 11.4 Å². The van der Waals surface area contributed by atoms with Gasteiger partial charge in [-0.3, -0.25) is 10.1 Å². The van der Waals surface area contributed by atoms with Crippen molar-refractivity contribution in [1.82, 2.24) is 14.8 Å². The van der Waals surface area contributed by atoms with E-state index in [4.69, 9.17) is 0 Å². The van der Waals surface area contributed by atoms with Gasteiger partial charge in [0.15, 0.2) is 5.82 Å². The van der Waals surface area contributed by atoms with Gasteiger partial charge in [0.05, 0.1) is 9.40 Å². The molecule has 0 amide bonds. The summed E-state index contributed by atoms with van der Waals surface area (Å²) in [4.78, 5) is 14.8. The normalized spacial score (nSPS) is 10.7. The summed E-state index contributed by atoms with van der Waals surface area (Å²) in [6.45, 7) is 5.20. The first-order valence-corrected chi connectivity index (χ1v) is 6.04. The van der Waals surface area contributed by atoms with Crippen LogP contribution in [-0.4, -0.2) is 19.7 Å². The molecular formula is C11H11BrN4O2. The number of halogens is 1. The summed E-state index contributed by atoms with van der Waals surface area (Å²) < 4.78 is 2.24. The lowest BCUT2D eigenvalue weighted by Crippen LogP contribution is -2.03. The van der Waals surface area contributed by atoms with E-state index >= 15 is 0 Å². The van der Waals surface area contributed by atoms with Crippen molar-refractivity contribution in [2.75, 3.05) is 0 Å². The van der Waals surface area contributed by atoms with Crippen molar-refractivity contribution in [2.24, 2.45) is 0 Å². The van der Waals surface area contributed by atoms with Crippen molar-refractivity contribution in [3.8, 4) is 5.82 Å². The van der Waals surface area contributed by atoms with E-state index in [-0.39, 0.29) is 5.69 Å². The van der Waals surface area contributed by atoms with E-state index in [0.717, 1.165) is 10.0 Å². The first-order chi connectivity index (χ1) is 8.41. The number of rotatable bonds is 2. The van der Waals surface area contributed by atoms with Gasteiger partial charge in [-0.1, -0.05) is 0 Å². The van der Waals surface area contributed by atoms with E-state index in [2.05, 4.69) is 26.0 Å². The Kier molecular flexibility index (Phi) is 3.16. The van der Waals surface area contributed by atoms with Crippen LogP contribution in [0.25, 0.3) is 5.82 Å². The molecule has 0 radical (unpaired) electrons. The number of pyridine rings is 1. The molecule has 6 nitrogen and oxygen atoms in total. The number of hydrogen-bond acceptors (Lipinski definition) is 4. The highest BCUT2D eigenvalue weighted by Gasteiger charge is 2.23. The van der Waals surface area contributed by atoms with Crippen molar-refractivity contribution >= 4 is 21.6 Å². The summed E-state index contributed by atoms with van der Waals surface area (Å²) in [5, 5.41) is 15.1. The Bertz CT molecular complexity index is 636. The van der Waals surface area contributed by atoms with E-state index in [0.29, 0.717) is 17.2 Å².